The predicted octanol–water partition coefficient (Wildman–Crippen LogP) is 3.21. The van der Waals surface area contributed by atoms with E-state index in [4.69, 9.17) is 0 Å². The zero-order chi connectivity index (χ0) is 24.4. The Bertz CT molecular complexity index is 1240. The van der Waals surface area contributed by atoms with Crippen molar-refractivity contribution in [1.82, 2.24) is 30.5 Å². The zero-order valence-corrected chi connectivity index (χ0v) is 20.1. The third-order valence-corrected chi connectivity index (χ3v) is 7.13. The zero-order valence-electron chi connectivity index (χ0n) is 19.3. The molecule has 1 aromatic heterocycles. The number of hydrazine groups is 1. The number of thioether (sulfide) groups is 1. The third-order valence-electron chi connectivity index (χ3n) is 6.20. The van der Waals surface area contributed by atoms with Crippen molar-refractivity contribution < 1.29 is 14.4 Å². The van der Waals surface area contributed by atoms with E-state index in [1.165, 1.54) is 11.8 Å². The van der Waals surface area contributed by atoms with Crippen LogP contribution in [0.1, 0.15) is 43.5 Å². The van der Waals surface area contributed by atoms with E-state index >= 15 is 0 Å². The molecule has 2 heterocycles. The number of nitrogens with one attached hydrogen (secondary N) is 2. The molecule has 10 heteroatoms. The van der Waals surface area contributed by atoms with Crippen molar-refractivity contribution >= 4 is 29.6 Å². The minimum absolute atomic E-state index is 0.0204. The van der Waals surface area contributed by atoms with Gasteiger partial charge in [0.15, 0.2) is 5.16 Å². The quantitative estimate of drug-likeness (QED) is 0.352. The Hall–Kier alpha value is -3.66. The second-order valence-electron chi connectivity index (χ2n) is 9.00. The fourth-order valence-electron chi connectivity index (χ4n) is 4.08. The van der Waals surface area contributed by atoms with Crippen LogP contribution in [0.2, 0.25) is 0 Å². The lowest BCUT2D eigenvalue weighted by molar-refractivity contribution is -0.138. The van der Waals surface area contributed by atoms with Crippen LogP contribution in [0, 0.1) is 0 Å². The van der Waals surface area contributed by atoms with Gasteiger partial charge < -0.3 is 5.32 Å². The molecule has 4 amide bonds. The Kier molecular flexibility index (Phi) is 6.29. The van der Waals surface area contributed by atoms with Crippen molar-refractivity contribution in [2.24, 2.45) is 0 Å². The number of carbonyl (C=O) groups excluding carboxylic acids is 3. The Balaban J connectivity index is 1.22. The molecule has 2 N–H and O–H groups in total. The van der Waals surface area contributed by atoms with E-state index in [-0.39, 0.29) is 5.75 Å². The molecule has 2 aliphatic rings. The van der Waals surface area contributed by atoms with E-state index in [9.17, 15) is 14.4 Å². The monoisotopic (exact) mass is 490 g/mol. The van der Waals surface area contributed by atoms with Gasteiger partial charge in [-0.3, -0.25) is 19.6 Å². The Labute approximate surface area is 207 Å². The number of aromatic nitrogens is 3. The topological polar surface area (TPSA) is 109 Å². The number of carbonyl (C=O) groups is 3. The van der Waals surface area contributed by atoms with Crippen molar-refractivity contribution in [3.63, 3.8) is 0 Å². The van der Waals surface area contributed by atoms with Gasteiger partial charge in [-0.05, 0) is 50.3 Å². The second kappa shape index (κ2) is 9.53. The van der Waals surface area contributed by atoms with Crippen LogP contribution in [0.15, 0.2) is 65.8 Å². The summed E-state index contributed by atoms with van der Waals surface area (Å²) in [5.74, 6) is 0.308. The van der Waals surface area contributed by atoms with Gasteiger partial charge in [0.2, 0.25) is 5.91 Å². The average Bonchev–Trinajstić information content (AvgIpc) is 3.60. The van der Waals surface area contributed by atoms with Crippen LogP contribution in [0.3, 0.4) is 0 Å². The smallest absolute Gasteiger partial charge is 0.322 e. The average molecular weight is 491 g/mol. The first kappa shape index (κ1) is 23.1. The van der Waals surface area contributed by atoms with Crippen molar-refractivity contribution in [3.8, 4) is 5.69 Å². The summed E-state index contributed by atoms with van der Waals surface area (Å²) in [6, 6.07) is 18.9. The normalized spacial score (nSPS) is 19.6. The van der Waals surface area contributed by atoms with Gasteiger partial charge in [-0.15, -0.1) is 10.2 Å². The molecular formula is C25H26N6O3S. The largest absolute Gasteiger partial charge is 0.344 e. The fourth-order valence-corrected chi connectivity index (χ4v) is 4.83. The first-order valence-corrected chi connectivity index (χ1v) is 12.6. The number of benzene rings is 2. The molecule has 1 saturated carbocycles. The molecule has 2 aromatic carbocycles. The van der Waals surface area contributed by atoms with Crippen LogP contribution in [-0.2, 0) is 16.0 Å². The van der Waals surface area contributed by atoms with Gasteiger partial charge in [-0.25, -0.2) is 4.79 Å². The number of hydrogen-bond donors (Lipinski definition) is 2. The SMILES string of the molecule is CC1(CCc2ccccc2)NC(=O)N(NC(=O)CSc2nnc(C3CC3)n2-c2ccccc2)C1=O. The summed E-state index contributed by atoms with van der Waals surface area (Å²) in [6.45, 7) is 1.68. The van der Waals surface area contributed by atoms with Gasteiger partial charge in [0.1, 0.15) is 11.4 Å². The molecule has 1 aliphatic carbocycles. The maximum atomic E-state index is 13.0. The van der Waals surface area contributed by atoms with Gasteiger partial charge in [-0.2, -0.15) is 5.01 Å². The van der Waals surface area contributed by atoms with Crippen LogP contribution >= 0.6 is 11.8 Å². The summed E-state index contributed by atoms with van der Waals surface area (Å²) < 4.78 is 1.98. The van der Waals surface area contributed by atoms with Gasteiger partial charge >= 0.3 is 6.03 Å². The van der Waals surface area contributed by atoms with Crippen LogP contribution in [0.25, 0.3) is 5.69 Å². The third kappa shape index (κ3) is 4.93. The summed E-state index contributed by atoms with van der Waals surface area (Å²) in [4.78, 5) is 38.2. The van der Waals surface area contributed by atoms with Crippen molar-refractivity contribution in [1.29, 1.82) is 0 Å². The summed E-state index contributed by atoms with van der Waals surface area (Å²) in [5.41, 5.74) is 3.38. The molecule has 1 unspecified atom stereocenters. The number of hydrogen-bond acceptors (Lipinski definition) is 6. The van der Waals surface area contributed by atoms with Crippen molar-refractivity contribution in [2.45, 2.75) is 49.2 Å². The Morgan fingerprint density at radius 2 is 1.77 bits per heavy atom. The molecule has 3 aromatic rings. The van der Waals surface area contributed by atoms with Gasteiger partial charge in [0.25, 0.3) is 5.91 Å². The van der Waals surface area contributed by atoms with E-state index in [2.05, 4.69) is 20.9 Å². The van der Waals surface area contributed by atoms with E-state index in [1.54, 1.807) is 6.92 Å². The molecule has 1 aliphatic heterocycles. The fraction of sp³-hybridized carbons (Fsp3) is 0.320. The molecular weight excluding hydrogens is 464 g/mol. The lowest BCUT2D eigenvalue weighted by Crippen LogP contribution is -2.49. The van der Waals surface area contributed by atoms with Crippen molar-refractivity contribution in [3.05, 3.63) is 72.1 Å². The van der Waals surface area contributed by atoms with Crippen LogP contribution in [0.5, 0.6) is 0 Å². The number of amides is 4. The number of para-hydroxylation sites is 1. The van der Waals surface area contributed by atoms with Gasteiger partial charge in [-0.1, -0.05) is 60.3 Å². The van der Waals surface area contributed by atoms with Gasteiger partial charge in [0, 0.05) is 11.6 Å². The highest BCUT2D eigenvalue weighted by molar-refractivity contribution is 7.99. The first-order valence-electron chi connectivity index (χ1n) is 11.6. The summed E-state index contributed by atoms with van der Waals surface area (Å²) in [5, 5.41) is 12.8. The molecule has 0 spiro atoms. The molecule has 0 bridgehead atoms. The minimum Gasteiger partial charge on any atom is -0.322 e. The first-order chi connectivity index (χ1) is 16.9. The second-order valence-corrected chi connectivity index (χ2v) is 9.94. The van der Waals surface area contributed by atoms with Crippen molar-refractivity contribution in [2.75, 3.05) is 5.75 Å². The number of urea groups is 1. The summed E-state index contributed by atoms with van der Waals surface area (Å²) in [6.07, 6.45) is 3.20. The molecule has 35 heavy (non-hydrogen) atoms. The molecule has 2 fully saturated rings. The number of nitrogens with zero attached hydrogens (tertiary/aromatic N) is 4. The summed E-state index contributed by atoms with van der Waals surface area (Å²) >= 11 is 1.22. The van der Waals surface area contributed by atoms with E-state index in [0.29, 0.717) is 23.9 Å². The van der Waals surface area contributed by atoms with E-state index < -0.39 is 23.4 Å². The number of aryl methyl sites for hydroxylation is 1. The van der Waals surface area contributed by atoms with Crippen LogP contribution in [0.4, 0.5) is 4.79 Å². The lowest BCUT2D eigenvalue weighted by Gasteiger charge is -2.21. The predicted molar refractivity (Wildman–Crippen MR) is 131 cm³/mol. The Morgan fingerprint density at radius 3 is 2.46 bits per heavy atom. The van der Waals surface area contributed by atoms with E-state index in [1.807, 2.05) is 65.2 Å². The number of rotatable bonds is 9. The minimum atomic E-state index is -1.08. The summed E-state index contributed by atoms with van der Waals surface area (Å²) in [7, 11) is 0. The highest BCUT2D eigenvalue weighted by atomic mass is 32.2. The highest BCUT2D eigenvalue weighted by Crippen LogP contribution is 2.41. The Morgan fingerprint density at radius 1 is 1.09 bits per heavy atom. The molecule has 180 valence electrons. The van der Waals surface area contributed by atoms with Crippen LogP contribution in [-0.4, -0.2) is 48.9 Å². The molecule has 5 rings (SSSR count). The molecule has 1 saturated heterocycles. The maximum Gasteiger partial charge on any atom is 0.344 e. The molecule has 0 radical (unpaired) electrons. The number of imide groups is 1. The lowest BCUT2D eigenvalue weighted by atomic mass is 9.93. The maximum absolute atomic E-state index is 13.0. The highest BCUT2D eigenvalue weighted by Gasteiger charge is 2.48. The molecule has 1 atom stereocenters. The standard InChI is InChI=1S/C25H26N6O3S/c1-25(15-14-17-8-4-2-5-9-17)22(33)31(23(34)26-25)29-20(32)16-35-24-28-27-21(18-12-13-18)30(24)19-10-6-3-7-11-19/h2-11,18H,12-16H2,1H3,(H,26,34)(H,29,32). The molecule has 9 nitrogen and oxygen atoms in total. The van der Waals surface area contributed by atoms with Gasteiger partial charge in [0.05, 0.1) is 5.75 Å². The van der Waals surface area contributed by atoms with Crippen LogP contribution < -0.4 is 10.7 Å². The van der Waals surface area contributed by atoms with E-state index in [0.717, 1.165) is 34.9 Å².